The Morgan fingerprint density at radius 2 is 2.00 bits per heavy atom. The molecular weight excluding hydrogens is 136 g/mol. The molecule has 0 fully saturated rings. The highest BCUT2D eigenvalue weighted by molar-refractivity contribution is 7.93. The Kier molecular flexibility index (Phi) is 2.32. The fraction of sp³-hybridized carbons (Fsp3) is 0.333. The van der Waals surface area contributed by atoms with E-state index in [4.69, 9.17) is 11.6 Å². The standard InChI is InChI=1S/C3H5ClO2S/c1-7(5,6)3-2-4/h2-3H,1H3. The van der Waals surface area contributed by atoms with Crippen molar-refractivity contribution >= 4 is 21.4 Å². The van der Waals surface area contributed by atoms with Gasteiger partial charge in [-0.25, -0.2) is 8.42 Å². The second kappa shape index (κ2) is 2.33. The number of sulfone groups is 1. The minimum atomic E-state index is -2.99. The van der Waals surface area contributed by atoms with E-state index in [1.807, 2.05) is 0 Å². The van der Waals surface area contributed by atoms with E-state index in [-0.39, 0.29) is 0 Å². The Balaban J connectivity index is 4.13. The Labute approximate surface area is 47.7 Å². The quantitative estimate of drug-likeness (QED) is 0.539. The third kappa shape index (κ3) is 5.98. The third-order valence-corrected chi connectivity index (χ3v) is 1.20. The topological polar surface area (TPSA) is 34.1 Å². The molecule has 0 saturated carbocycles. The average molecular weight is 141 g/mol. The van der Waals surface area contributed by atoms with Crippen LogP contribution in [0.5, 0.6) is 0 Å². The van der Waals surface area contributed by atoms with Crippen molar-refractivity contribution in [3.05, 3.63) is 10.9 Å². The van der Waals surface area contributed by atoms with Crippen LogP contribution in [0.4, 0.5) is 0 Å². The normalized spacial score (nSPS) is 12.9. The molecule has 0 aromatic heterocycles. The minimum Gasteiger partial charge on any atom is -0.225 e. The van der Waals surface area contributed by atoms with E-state index in [0.717, 1.165) is 17.2 Å². The molecule has 0 aliphatic rings. The smallest absolute Gasteiger partial charge is 0.169 e. The maximum Gasteiger partial charge on any atom is 0.169 e. The van der Waals surface area contributed by atoms with Crippen LogP contribution in [0.1, 0.15) is 0 Å². The molecule has 0 unspecified atom stereocenters. The van der Waals surface area contributed by atoms with E-state index in [1.165, 1.54) is 0 Å². The molecule has 2 nitrogen and oxygen atoms in total. The van der Waals surface area contributed by atoms with Crippen molar-refractivity contribution < 1.29 is 8.42 Å². The number of rotatable bonds is 1. The number of hydrogen-bond acceptors (Lipinski definition) is 2. The maximum absolute atomic E-state index is 10.1. The van der Waals surface area contributed by atoms with Crippen molar-refractivity contribution in [3.63, 3.8) is 0 Å². The number of hydrogen-bond donors (Lipinski definition) is 0. The largest absolute Gasteiger partial charge is 0.225 e. The first-order chi connectivity index (χ1) is 3.06. The van der Waals surface area contributed by atoms with Crippen molar-refractivity contribution in [1.29, 1.82) is 0 Å². The molecule has 0 amide bonds. The Morgan fingerprint density at radius 3 is 2.00 bits per heavy atom. The van der Waals surface area contributed by atoms with Crippen molar-refractivity contribution in [2.45, 2.75) is 0 Å². The van der Waals surface area contributed by atoms with Gasteiger partial charge in [-0.15, -0.1) is 0 Å². The van der Waals surface area contributed by atoms with Crippen LogP contribution in [0, 0.1) is 0 Å². The molecule has 0 rings (SSSR count). The predicted octanol–water partition coefficient (Wildman–Crippen LogP) is 0.741. The summed E-state index contributed by atoms with van der Waals surface area (Å²) >= 11 is 4.93. The van der Waals surface area contributed by atoms with Gasteiger partial charge in [-0.2, -0.15) is 0 Å². The van der Waals surface area contributed by atoms with Gasteiger partial charge in [-0.3, -0.25) is 0 Å². The van der Waals surface area contributed by atoms with Gasteiger partial charge in [0.2, 0.25) is 0 Å². The predicted molar refractivity (Wildman–Crippen MR) is 29.8 cm³/mol. The van der Waals surface area contributed by atoms with Crippen LogP contribution in [0.15, 0.2) is 10.9 Å². The van der Waals surface area contributed by atoms with Gasteiger partial charge in [0, 0.05) is 17.2 Å². The molecule has 0 aromatic rings. The average Bonchev–Trinajstić information content (AvgIpc) is 1.30. The Bertz CT molecular complexity index is 156. The summed E-state index contributed by atoms with van der Waals surface area (Å²) in [6.45, 7) is 0. The van der Waals surface area contributed by atoms with Gasteiger partial charge in [-0.1, -0.05) is 11.6 Å². The lowest BCUT2D eigenvalue weighted by molar-refractivity contribution is 0.610. The minimum absolute atomic E-state index is 0.925. The first kappa shape index (κ1) is 6.98. The summed E-state index contributed by atoms with van der Waals surface area (Å²) in [4.78, 5) is 0. The first-order valence-corrected chi connectivity index (χ1v) is 3.92. The lowest BCUT2D eigenvalue weighted by Gasteiger charge is -1.76. The van der Waals surface area contributed by atoms with Crippen molar-refractivity contribution in [2.24, 2.45) is 0 Å². The molecule has 0 N–H and O–H groups in total. The van der Waals surface area contributed by atoms with Crippen LogP contribution in [0.3, 0.4) is 0 Å². The molecule has 0 aliphatic carbocycles. The maximum atomic E-state index is 10.1. The third-order valence-electron chi connectivity index (χ3n) is 0.299. The number of halogens is 1. The van der Waals surface area contributed by atoms with Gasteiger partial charge in [0.25, 0.3) is 0 Å². The molecular formula is C3H5ClO2S. The van der Waals surface area contributed by atoms with E-state index in [2.05, 4.69) is 0 Å². The van der Waals surface area contributed by atoms with Gasteiger partial charge in [0.15, 0.2) is 9.84 Å². The molecule has 0 atom stereocenters. The molecule has 0 aromatic carbocycles. The van der Waals surface area contributed by atoms with E-state index in [9.17, 15) is 8.42 Å². The second-order valence-corrected chi connectivity index (χ2v) is 3.27. The zero-order valence-corrected chi connectivity index (χ0v) is 5.33. The van der Waals surface area contributed by atoms with Gasteiger partial charge in [0.1, 0.15) is 0 Å². The molecule has 0 spiro atoms. The van der Waals surface area contributed by atoms with Crippen molar-refractivity contribution in [1.82, 2.24) is 0 Å². The molecule has 42 valence electrons. The van der Waals surface area contributed by atoms with Crippen molar-refractivity contribution in [3.8, 4) is 0 Å². The molecule has 0 aliphatic heterocycles. The summed E-state index contributed by atoms with van der Waals surface area (Å²) in [7, 11) is -2.99. The van der Waals surface area contributed by atoms with Gasteiger partial charge < -0.3 is 0 Å². The molecule has 7 heavy (non-hydrogen) atoms. The lowest BCUT2D eigenvalue weighted by atomic mass is 11.3. The Morgan fingerprint density at radius 1 is 1.57 bits per heavy atom. The Hall–Kier alpha value is -0.0200. The highest BCUT2D eigenvalue weighted by atomic mass is 35.5. The zero-order valence-electron chi connectivity index (χ0n) is 3.76. The summed E-state index contributed by atoms with van der Waals surface area (Å²) in [5.74, 6) is 0. The second-order valence-electron chi connectivity index (χ2n) is 1.09. The van der Waals surface area contributed by atoms with E-state index < -0.39 is 9.84 Å². The van der Waals surface area contributed by atoms with Crippen LogP contribution in [-0.4, -0.2) is 14.7 Å². The van der Waals surface area contributed by atoms with E-state index >= 15 is 0 Å². The zero-order chi connectivity index (χ0) is 5.91. The van der Waals surface area contributed by atoms with Crippen molar-refractivity contribution in [2.75, 3.05) is 6.26 Å². The lowest BCUT2D eigenvalue weighted by Crippen LogP contribution is -1.85. The molecule has 4 heteroatoms. The molecule has 0 saturated heterocycles. The summed E-state index contributed by atoms with van der Waals surface area (Å²) in [6, 6.07) is 0. The molecule has 0 radical (unpaired) electrons. The summed E-state index contributed by atoms with van der Waals surface area (Å²) in [5.41, 5.74) is 0.968. The fourth-order valence-electron chi connectivity index (χ4n) is 0.0934. The summed E-state index contributed by atoms with van der Waals surface area (Å²) < 4.78 is 20.1. The monoisotopic (exact) mass is 140 g/mol. The highest BCUT2D eigenvalue weighted by Gasteiger charge is 1.88. The van der Waals surface area contributed by atoms with Crippen LogP contribution < -0.4 is 0 Å². The van der Waals surface area contributed by atoms with Crippen LogP contribution >= 0.6 is 11.6 Å². The van der Waals surface area contributed by atoms with Gasteiger partial charge >= 0.3 is 0 Å². The van der Waals surface area contributed by atoms with E-state index in [0.29, 0.717) is 0 Å². The van der Waals surface area contributed by atoms with Gasteiger partial charge in [-0.05, 0) is 0 Å². The summed E-state index contributed by atoms with van der Waals surface area (Å²) in [5, 5.41) is 0.925. The van der Waals surface area contributed by atoms with Crippen LogP contribution in [0.25, 0.3) is 0 Å². The fourth-order valence-corrected chi connectivity index (χ4v) is 0.841. The van der Waals surface area contributed by atoms with Crippen LogP contribution in [-0.2, 0) is 9.84 Å². The SMILES string of the molecule is CS(=O)(=O)C=CCl. The first-order valence-electron chi connectivity index (χ1n) is 1.53. The summed E-state index contributed by atoms with van der Waals surface area (Å²) in [6.07, 6.45) is 1.08. The van der Waals surface area contributed by atoms with E-state index in [1.54, 1.807) is 0 Å². The van der Waals surface area contributed by atoms with Crippen LogP contribution in [0.2, 0.25) is 0 Å². The molecule has 0 bridgehead atoms. The van der Waals surface area contributed by atoms with Gasteiger partial charge in [0.05, 0.1) is 0 Å². The highest BCUT2D eigenvalue weighted by Crippen LogP contribution is 1.85. The molecule has 0 heterocycles.